The van der Waals surface area contributed by atoms with Gasteiger partial charge in [0.1, 0.15) is 0 Å². The number of ether oxygens (including phenoxy) is 1. The molecule has 0 bridgehead atoms. The summed E-state index contributed by atoms with van der Waals surface area (Å²) in [7, 11) is -3.49. The van der Waals surface area contributed by atoms with Crippen LogP contribution in [0.5, 0.6) is 0 Å². The Hall–Kier alpha value is -1.89. The van der Waals surface area contributed by atoms with E-state index in [9.17, 15) is 8.42 Å². The molecule has 5 nitrogen and oxygen atoms in total. The quantitative estimate of drug-likeness (QED) is 0.846. The molecule has 2 aromatic carbocycles. The summed E-state index contributed by atoms with van der Waals surface area (Å²) in [6, 6.07) is 13.3. The van der Waals surface area contributed by atoms with Gasteiger partial charge >= 0.3 is 0 Å². The van der Waals surface area contributed by atoms with Crippen molar-refractivity contribution in [3.8, 4) is 0 Å². The number of aryl methyl sites for hydroxylation is 1. The van der Waals surface area contributed by atoms with Crippen LogP contribution in [0.1, 0.15) is 16.7 Å². The fraction of sp³-hybridized carbons (Fsp3) is 0.368. The molecule has 132 valence electrons. The number of hydrogen-bond donors (Lipinski definition) is 0. The summed E-state index contributed by atoms with van der Waals surface area (Å²) < 4.78 is 33.1. The average molecular weight is 358 g/mol. The van der Waals surface area contributed by atoms with Gasteiger partial charge in [0.15, 0.2) is 0 Å². The standard InChI is InChI=1S/C19H22N2O3S/c1-15-4-2-6-17(12-15)25(22,23)21-13-16-5-3-7-19(18(16)14-21)20-8-10-24-11-9-20/h2-7,12H,8-11,13-14H2,1H3. The molecule has 1 saturated heterocycles. The molecule has 2 aliphatic heterocycles. The van der Waals surface area contributed by atoms with Gasteiger partial charge < -0.3 is 9.64 Å². The van der Waals surface area contributed by atoms with Crippen molar-refractivity contribution in [2.75, 3.05) is 31.2 Å². The van der Waals surface area contributed by atoms with Crippen LogP contribution in [0.15, 0.2) is 47.4 Å². The first-order valence-electron chi connectivity index (χ1n) is 8.56. The van der Waals surface area contributed by atoms with Crippen molar-refractivity contribution >= 4 is 15.7 Å². The lowest BCUT2D eigenvalue weighted by Crippen LogP contribution is -2.36. The molecule has 0 saturated carbocycles. The number of anilines is 1. The van der Waals surface area contributed by atoms with Crippen molar-refractivity contribution in [2.24, 2.45) is 0 Å². The molecule has 6 heteroatoms. The second kappa shape index (κ2) is 6.44. The highest BCUT2D eigenvalue weighted by atomic mass is 32.2. The molecule has 0 spiro atoms. The van der Waals surface area contributed by atoms with Crippen molar-refractivity contribution in [2.45, 2.75) is 24.9 Å². The highest BCUT2D eigenvalue weighted by molar-refractivity contribution is 7.89. The normalized spacial score (nSPS) is 18.4. The van der Waals surface area contributed by atoms with Gasteiger partial charge in [-0.3, -0.25) is 0 Å². The topological polar surface area (TPSA) is 49.9 Å². The lowest BCUT2D eigenvalue weighted by atomic mass is 10.1. The van der Waals surface area contributed by atoms with Crippen LogP contribution in [0.3, 0.4) is 0 Å². The molecule has 0 N–H and O–H groups in total. The van der Waals surface area contributed by atoms with Gasteiger partial charge in [-0.2, -0.15) is 4.31 Å². The highest BCUT2D eigenvalue weighted by Crippen LogP contribution is 2.35. The Morgan fingerprint density at radius 1 is 1.00 bits per heavy atom. The van der Waals surface area contributed by atoms with Crippen LogP contribution in [0, 0.1) is 6.92 Å². The molecule has 25 heavy (non-hydrogen) atoms. The van der Waals surface area contributed by atoms with E-state index in [2.05, 4.69) is 11.0 Å². The van der Waals surface area contributed by atoms with E-state index in [4.69, 9.17) is 4.74 Å². The molecule has 0 atom stereocenters. The summed E-state index contributed by atoms with van der Waals surface area (Å²) in [6.07, 6.45) is 0. The van der Waals surface area contributed by atoms with E-state index in [0.29, 0.717) is 18.0 Å². The molecule has 2 aliphatic rings. The van der Waals surface area contributed by atoms with E-state index in [1.165, 1.54) is 0 Å². The largest absolute Gasteiger partial charge is 0.378 e. The molecule has 2 aromatic rings. The fourth-order valence-electron chi connectivity index (χ4n) is 3.57. The molecule has 0 unspecified atom stereocenters. The van der Waals surface area contributed by atoms with Crippen LogP contribution < -0.4 is 4.90 Å². The second-order valence-corrected chi connectivity index (χ2v) is 8.54. The van der Waals surface area contributed by atoms with Gasteiger partial charge in [-0.1, -0.05) is 24.3 Å². The summed E-state index contributed by atoms with van der Waals surface area (Å²) in [6.45, 7) is 5.91. The van der Waals surface area contributed by atoms with Crippen LogP contribution in [-0.2, 0) is 27.8 Å². The van der Waals surface area contributed by atoms with Gasteiger partial charge in [0.2, 0.25) is 10.0 Å². The smallest absolute Gasteiger partial charge is 0.243 e. The Labute approximate surface area is 148 Å². The van der Waals surface area contributed by atoms with Gasteiger partial charge in [-0.15, -0.1) is 0 Å². The first-order valence-corrected chi connectivity index (χ1v) is 10.00. The number of sulfonamides is 1. The number of rotatable bonds is 3. The lowest BCUT2D eigenvalue weighted by molar-refractivity contribution is 0.122. The summed E-state index contributed by atoms with van der Waals surface area (Å²) in [5.74, 6) is 0. The van der Waals surface area contributed by atoms with E-state index >= 15 is 0 Å². The molecular formula is C19H22N2O3S. The van der Waals surface area contributed by atoms with Gasteiger partial charge in [0, 0.05) is 31.9 Å². The maximum atomic E-state index is 13.0. The second-order valence-electron chi connectivity index (χ2n) is 6.60. The Morgan fingerprint density at radius 3 is 2.52 bits per heavy atom. The maximum Gasteiger partial charge on any atom is 0.243 e. The van der Waals surface area contributed by atoms with Crippen LogP contribution in [0.4, 0.5) is 5.69 Å². The zero-order valence-corrected chi connectivity index (χ0v) is 15.1. The van der Waals surface area contributed by atoms with Crippen LogP contribution in [0.2, 0.25) is 0 Å². The van der Waals surface area contributed by atoms with Crippen molar-refractivity contribution in [3.63, 3.8) is 0 Å². The summed E-state index contributed by atoms with van der Waals surface area (Å²) >= 11 is 0. The van der Waals surface area contributed by atoms with E-state index in [1.807, 2.05) is 25.1 Å². The number of fused-ring (bicyclic) bond motifs is 1. The van der Waals surface area contributed by atoms with Crippen molar-refractivity contribution in [1.82, 2.24) is 4.31 Å². The Morgan fingerprint density at radius 2 is 1.76 bits per heavy atom. The number of morpholine rings is 1. The SMILES string of the molecule is Cc1cccc(S(=O)(=O)N2Cc3cccc(N4CCOCC4)c3C2)c1. The Balaban J connectivity index is 1.65. The first kappa shape index (κ1) is 16.6. The molecule has 2 heterocycles. The minimum atomic E-state index is -3.49. The van der Waals surface area contributed by atoms with Crippen molar-refractivity contribution in [3.05, 3.63) is 59.2 Å². The third-order valence-corrected chi connectivity index (χ3v) is 6.70. The summed E-state index contributed by atoms with van der Waals surface area (Å²) in [5.41, 5.74) is 4.32. The number of hydrogen-bond acceptors (Lipinski definition) is 4. The van der Waals surface area contributed by atoms with Gasteiger partial charge in [0.05, 0.1) is 18.1 Å². The van der Waals surface area contributed by atoms with Crippen molar-refractivity contribution < 1.29 is 13.2 Å². The fourth-order valence-corrected chi connectivity index (χ4v) is 5.06. The van der Waals surface area contributed by atoms with Crippen LogP contribution in [-0.4, -0.2) is 39.0 Å². The van der Waals surface area contributed by atoms with Crippen molar-refractivity contribution in [1.29, 1.82) is 0 Å². The third-order valence-electron chi connectivity index (χ3n) is 4.91. The monoisotopic (exact) mass is 358 g/mol. The number of benzene rings is 2. The molecular weight excluding hydrogens is 336 g/mol. The molecule has 0 aliphatic carbocycles. The van der Waals surface area contributed by atoms with Gasteiger partial charge in [0.25, 0.3) is 0 Å². The average Bonchev–Trinajstić information content (AvgIpc) is 3.07. The van der Waals surface area contributed by atoms with Crippen LogP contribution in [0.25, 0.3) is 0 Å². The van der Waals surface area contributed by atoms with E-state index < -0.39 is 10.0 Å². The first-order chi connectivity index (χ1) is 12.1. The summed E-state index contributed by atoms with van der Waals surface area (Å²) in [5, 5.41) is 0. The molecule has 0 amide bonds. The third kappa shape index (κ3) is 3.05. The Kier molecular flexibility index (Phi) is 4.27. The molecule has 4 rings (SSSR count). The van der Waals surface area contributed by atoms with Gasteiger partial charge in [-0.25, -0.2) is 8.42 Å². The summed E-state index contributed by atoms with van der Waals surface area (Å²) in [4.78, 5) is 2.67. The van der Waals surface area contributed by atoms with E-state index in [1.54, 1.807) is 22.5 Å². The predicted molar refractivity (Wildman–Crippen MR) is 97.1 cm³/mol. The lowest BCUT2D eigenvalue weighted by Gasteiger charge is -2.30. The minimum absolute atomic E-state index is 0.369. The molecule has 0 radical (unpaired) electrons. The number of nitrogens with zero attached hydrogens (tertiary/aromatic N) is 2. The predicted octanol–water partition coefficient (Wildman–Crippen LogP) is 2.54. The highest BCUT2D eigenvalue weighted by Gasteiger charge is 2.33. The Bertz CT molecular complexity index is 889. The molecule has 1 fully saturated rings. The molecule has 0 aromatic heterocycles. The van der Waals surface area contributed by atoms with Crippen LogP contribution >= 0.6 is 0 Å². The zero-order valence-electron chi connectivity index (χ0n) is 14.3. The zero-order chi connectivity index (χ0) is 17.4. The van der Waals surface area contributed by atoms with E-state index in [-0.39, 0.29) is 0 Å². The minimum Gasteiger partial charge on any atom is -0.378 e. The van der Waals surface area contributed by atoms with E-state index in [0.717, 1.165) is 48.7 Å². The van der Waals surface area contributed by atoms with Gasteiger partial charge in [-0.05, 0) is 41.8 Å². The maximum absolute atomic E-state index is 13.0.